The van der Waals surface area contributed by atoms with Gasteiger partial charge in [0.25, 0.3) is 0 Å². The molecule has 0 radical (unpaired) electrons. The van der Waals surface area contributed by atoms with E-state index in [9.17, 15) is 18.4 Å². The molecule has 0 spiro atoms. The normalized spacial score (nSPS) is 11.8. The molecule has 2 heterocycles. The van der Waals surface area contributed by atoms with Gasteiger partial charge in [0.05, 0.1) is 6.04 Å². The number of para-hydroxylation sites is 1. The predicted molar refractivity (Wildman–Crippen MR) is 110 cm³/mol. The van der Waals surface area contributed by atoms with Gasteiger partial charge >= 0.3 is 0 Å². The molecule has 1 atom stereocenters. The molecule has 0 saturated carbocycles. The maximum Gasteiger partial charge on any atom is 0.150 e. The fourth-order valence-corrected chi connectivity index (χ4v) is 3.45. The summed E-state index contributed by atoms with van der Waals surface area (Å²) in [5, 5.41) is 12.8. The fourth-order valence-electron chi connectivity index (χ4n) is 3.45. The number of rotatable bonds is 4. The van der Waals surface area contributed by atoms with Crippen molar-refractivity contribution in [3.63, 3.8) is 0 Å². The average Bonchev–Trinajstić information content (AvgIpc) is 2.72. The number of pyridine rings is 1. The van der Waals surface area contributed by atoms with Gasteiger partial charge in [0.15, 0.2) is 0 Å². The highest BCUT2D eigenvalue weighted by molar-refractivity contribution is 5.96. The zero-order chi connectivity index (χ0) is 22.1. The van der Waals surface area contributed by atoms with Crippen LogP contribution in [0.1, 0.15) is 24.1 Å². The molecule has 0 bridgehead atoms. The van der Waals surface area contributed by atoms with Gasteiger partial charge in [-0.3, -0.25) is 4.98 Å². The van der Waals surface area contributed by atoms with Gasteiger partial charge < -0.3 is 11.1 Å². The minimum absolute atomic E-state index is 0.0123. The molecule has 4 rings (SSSR count). The number of nitrogens with zero attached hydrogens (tertiary/aromatic N) is 4. The molecule has 0 aliphatic heterocycles. The molecular weight excluding hydrogens is 405 g/mol. The topological polar surface area (TPSA) is 101 Å². The number of nitrogens with two attached hydrogens (primary N) is 1. The van der Waals surface area contributed by atoms with Crippen molar-refractivity contribution in [2.75, 3.05) is 11.1 Å². The number of benzene rings is 2. The van der Waals surface area contributed by atoms with Gasteiger partial charge in [-0.1, -0.05) is 12.1 Å². The van der Waals surface area contributed by atoms with Crippen LogP contribution in [0.25, 0.3) is 22.0 Å². The van der Waals surface area contributed by atoms with Crippen LogP contribution in [0.4, 0.5) is 24.8 Å². The van der Waals surface area contributed by atoms with E-state index >= 15 is 0 Å². The second kappa shape index (κ2) is 7.91. The lowest BCUT2D eigenvalue weighted by molar-refractivity contribution is 0.584. The Labute approximate surface area is 175 Å². The molecular formula is C22H15F3N6. The number of aromatic nitrogens is 3. The number of fused-ring (bicyclic) bond motifs is 1. The van der Waals surface area contributed by atoms with E-state index in [0.717, 1.165) is 6.07 Å². The number of nitrogen functional groups attached to an aromatic ring is 1. The Kier molecular flexibility index (Phi) is 5.13. The smallest absolute Gasteiger partial charge is 0.150 e. The Morgan fingerprint density at radius 1 is 1.06 bits per heavy atom. The summed E-state index contributed by atoms with van der Waals surface area (Å²) in [6, 6.07) is 8.89. The zero-order valence-electron chi connectivity index (χ0n) is 16.2. The highest BCUT2D eigenvalue weighted by Crippen LogP contribution is 2.37. The molecule has 0 saturated heterocycles. The summed E-state index contributed by atoms with van der Waals surface area (Å²) in [6.45, 7) is 1.75. The van der Waals surface area contributed by atoms with Gasteiger partial charge in [0.1, 0.15) is 52.6 Å². The van der Waals surface area contributed by atoms with Crippen molar-refractivity contribution < 1.29 is 13.2 Å². The molecule has 4 aromatic rings. The molecule has 0 amide bonds. The maximum absolute atomic E-state index is 14.4. The molecule has 0 aliphatic rings. The third kappa shape index (κ3) is 3.71. The van der Waals surface area contributed by atoms with E-state index in [1.54, 1.807) is 13.0 Å². The van der Waals surface area contributed by atoms with Crippen LogP contribution in [0.15, 0.2) is 48.9 Å². The summed E-state index contributed by atoms with van der Waals surface area (Å²) in [5.74, 6) is -1.88. The number of nitriles is 1. The molecule has 2 aromatic heterocycles. The zero-order valence-corrected chi connectivity index (χ0v) is 16.2. The highest BCUT2D eigenvalue weighted by atomic mass is 19.1. The lowest BCUT2D eigenvalue weighted by Gasteiger charge is -2.21. The molecule has 2 aromatic carbocycles. The number of hydrogen-bond donors (Lipinski definition) is 2. The minimum atomic E-state index is -0.765. The van der Waals surface area contributed by atoms with Crippen LogP contribution in [0.3, 0.4) is 0 Å². The van der Waals surface area contributed by atoms with Crippen molar-refractivity contribution >= 4 is 22.5 Å². The fraction of sp³-hybridized carbons (Fsp3) is 0.0909. The van der Waals surface area contributed by atoms with Crippen molar-refractivity contribution in [2.24, 2.45) is 0 Å². The Hall–Kier alpha value is -4.19. The van der Waals surface area contributed by atoms with Gasteiger partial charge in [0.2, 0.25) is 0 Å². The van der Waals surface area contributed by atoms with E-state index < -0.39 is 23.5 Å². The molecule has 0 aliphatic carbocycles. The van der Waals surface area contributed by atoms with Crippen molar-refractivity contribution in [1.29, 1.82) is 5.26 Å². The second-order valence-electron chi connectivity index (χ2n) is 6.84. The van der Waals surface area contributed by atoms with E-state index in [2.05, 4.69) is 20.3 Å². The second-order valence-corrected chi connectivity index (χ2v) is 6.84. The van der Waals surface area contributed by atoms with E-state index in [-0.39, 0.29) is 28.3 Å². The van der Waals surface area contributed by atoms with Crippen molar-refractivity contribution in [2.45, 2.75) is 13.0 Å². The SMILES string of the molecule is CC(Nc1ncnc(N)c1C#N)c1cnc2c(F)cccc2c1-c1cc(F)cc(F)c1. The van der Waals surface area contributed by atoms with Crippen LogP contribution in [0.5, 0.6) is 0 Å². The number of anilines is 2. The van der Waals surface area contributed by atoms with Crippen LogP contribution in [-0.2, 0) is 0 Å². The molecule has 31 heavy (non-hydrogen) atoms. The Morgan fingerprint density at radius 2 is 1.81 bits per heavy atom. The number of halogens is 3. The first-order valence-corrected chi connectivity index (χ1v) is 9.19. The highest BCUT2D eigenvalue weighted by Gasteiger charge is 2.20. The van der Waals surface area contributed by atoms with E-state index in [0.29, 0.717) is 16.5 Å². The van der Waals surface area contributed by atoms with Crippen LogP contribution in [-0.4, -0.2) is 15.0 Å². The first-order valence-electron chi connectivity index (χ1n) is 9.19. The summed E-state index contributed by atoms with van der Waals surface area (Å²) >= 11 is 0. The molecule has 6 nitrogen and oxygen atoms in total. The third-order valence-corrected chi connectivity index (χ3v) is 4.84. The van der Waals surface area contributed by atoms with Gasteiger partial charge in [-0.05, 0) is 36.2 Å². The predicted octanol–water partition coefficient (Wildman–Crippen LogP) is 4.74. The Morgan fingerprint density at radius 3 is 2.52 bits per heavy atom. The largest absolute Gasteiger partial charge is 0.382 e. The Bertz CT molecular complexity index is 1330. The summed E-state index contributed by atoms with van der Waals surface area (Å²) < 4.78 is 42.4. The average molecular weight is 420 g/mol. The summed E-state index contributed by atoms with van der Waals surface area (Å²) in [7, 11) is 0. The van der Waals surface area contributed by atoms with Gasteiger partial charge in [0, 0.05) is 23.2 Å². The first kappa shape index (κ1) is 20.1. The lowest BCUT2D eigenvalue weighted by atomic mass is 9.93. The van der Waals surface area contributed by atoms with Gasteiger partial charge in [-0.25, -0.2) is 23.1 Å². The molecule has 1 unspecified atom stereocenters. The minimum Gasteiger partial charge on any atom is -0.382 e. The molecule has 9 heteroatoms. The van der Waals surface area contributed by atoms with Crippen LogP contribution >= 0.6 is 0 Å². The standard InChI is InChI=1S/C22H15F3N6/c1-11(31-22-16(8-26)21(27)29-10-30-22)17-9-28-20-15(3-2-4-18(20)25)19(17)12-5-13(23)7-14(24)6-12/h2-7,9-11H,1H3,(H3,27,29,30,31). The monoisotopic (exact) mass is 420 g/mol. The maximum atomic E-state index is 14.4. The Balaban J connectivity index is 1.92. The van der Waals surface area contributed by atoms with Crippen molar-refractivity contribution in [3.05, 3.63) is 77.5 Å². The van der Waals surface area contributed by atoms with Crippen LogP contribution < -0.4 is 11.1 Å². The number of hydrogen-bond acceptors (Lipinski definition) is 6. The summed E-state index contributed by atoms with van der Waals surface area (Å²) in [5.41, 5.74) is 7.02. The summed E-state index contributed by atoms with van der Waals surface area (Å²) in [4.78, 5) is 12.1. The van der Waals surface area contributed by atoms with E-state index in [4.69, 9.17) is 5.73 Å². The van der Waals surface area contributed by atoms with Crippen LogP contribution in [0, 0.1) is 28.8 Å². The van der Waals surface area contributed by atoms with Crippen LogP contribution in [0.2, 0.25) is 0 Å². The third-order valence-electron chi connectivity index (χ3n) is 4.84. The first-order chi connectivity index (χ1) is 14.9. The van der Waals surface area contributed by atoms with Crippen molar-refractivity contribution in [3.8, 4) is 17.2 Å². The quantitative estimate of drug-likeness (QED) is 0.495. The summed E-state index contributed by atoms with van der Waals surface area (Å²) in [6.07, 6.45) is 2.64. The lowest BCUT2D eigenvalue weighted by Crippen LogP contribution is -2.13. The van der Waals surface area contributed by atoms with Crippen molar-refractivity contribution in [1.82, 2.24) is 15.0 Å². The van der Waals surface area contributed by atoms with Gasteiger partial charge in [-0.15, -0.1) is 0 Å². The van der Waals surface area contributed by atoms with Gasteiger partial charge in [-0.2, -0.15) is 5.26 Å². The van der Waals surface area contributed by atoms with E-state index in [1.807, 2.05) is 6.07 Å². The molecule has 0 fully saturated rings. The number of nitrogens with one attached hydrogen (secondary N) is 1. The van der Waals surface area contributed by atoms with E-state index in [1.165, 1.54) is 36.8 Å². The molecule has 3 N–H and O–H groups in total. The molecule has 154 valence electrons.